The van der Waals surface area contributed by atoms with Crippen molar-refractivity contribution in [1.29, 1.82) is 0 Å². The fraction of sp³-hybridized carbons (Fsp3) is 0.375. The van der Waals surface area contributed by atoms with E-state index in [-0.39, 0.29) is 0 Å². The molecule has 1 aromatic rings. The third-order valence-corrected chi connectivity index (χ3v) is 2.96. The molecule has 2 rings (SSSR count). The highest BCUT2D eigenvalue weighted by Gasteiger charge is 2.18. The molecule has 2 heterocycles. The zero-order chi connectivity index (χ0) is 8.72. The van der Waals surface area contributed by atoms with Crippen LogP contribution in [0.4, 0.5) is 5.82 Å². The molecule has 64 valence electrons. The van der Waals surface area contributed by atoms with Crippen LogP contribution in [0.15, 0.2) is 0 Å². The number of aromatic nitrogens is 1. The molecule has 0 aromatic carbocycles. The maximum absolute atomic E-state index is 5.94. The summed E-state index contributed by atoms with van der Waals surface area (Å²) in [5.41, 5.74) is 2.25. The van der Waals surface area contributed by atoms with Crippen molar-refractivity contribution >= 4 is 29.0 Å². The Balaban J connectivity index is 2.67. The lowest BCUT2D eigenvalue weighted by molar-refractivity contribution is 1.09. The molecule has 0 fully saturated rings. The van der Waals surface area contributed by atoms with Gasteiger partial charge in [-0.1, -0.05) is 23.2 Å². The minimum absolute atomic E-state index is 0.391. The predicted molar refractivity (Wildman–Crippen MR) is 51.2 cm³/mol. The van der Waals surface area contributed by atoms with Gasteiger partial charge in [-0.05, 0) is 18.9 Å². The van der Waals surface area contributed by atoms with Gasteiger partial charge in [0.25, 0.3) is 0 Å². The lowest BCUT2D eigenvalue weighted by Gasteiger charge is -2.05. The number of hydrogen-bond donors (Lipinski definition) is 1. The first-order chi connectivity index (χ1) is 5.70. The Labute approximate surface area is 80.9 Å². The van der Waals surface area contributed by atoms with E-state index in [0.717, 1.165) is 24.3 Å². The number of anilines is 1. The van der Waals surface area contributed by atoms with E-state index < -0.39 is 0 Å². The molecule has 1 aliphatic heterocycles. The van der Waals surface area contributed by atoms with E-state index >= 15 is 0 Å². The van der Waals surface area contributed by atoms with Crippen molar-refractivity contribution in [2.45, 2.75) is 13.3 Å². The molecule has 0 aliphatic carbocycles. The molecule has 1 N–H and O–H groups in total. The second kappa shape index (κ2) is 2.79. The van der Waals surface area contributed by atoms with E-state index in [9.17, 15) is 0 Å². The highest BCUT2D eigenvalue weighted by Crippen LogP contribution is 2.32. The Hall–Kier alpha value is -0.470. The van der Waals surface area contributed by atoms with Crippen molar-refractivity contribution in [2.75, 3.05) is 11.9 Å². The van der Waals surface area contributed by atoms with Crippen molar-refractivity contribution in [3.8, 4) is 0 Å². The summed E-state index contributed by atoms with van der Waals surface area (Å²) in [5, 5.41) is 4.13. The zero-order valence-electron chi connectivity index (χ0n) is 6.62. The number of nitrogens with zero attached hydrogens (tertiary/aromatic N) is 1. The fourth-order valence-electron chi connectivity index (χ4n) is 1.44. The van der Waals surface area contributed by atoms with Crippen molar-refractivity contribution in [1.82, 2.24) is 4.98 Å². The second-order valence-electron chi connectivity index (χ2n) is 2.85. The van der Waals surface area contributed by atoms with Crippen LogP contribution in [0.5, 0.6) is 0 Å². The minimum atomic E-state index is 0.391. The first-order valence-electron chi connectivity index (χ1n) is 3.78. The highest BCUT2D eigenvalue weighted by molar-refractivity contribution is 6.41. The van der Waals surface area contributed by atoms with Gasteiger partial charge in [-0.2, -0.15) is 0 Å². The monoisotopic (exact) mass is 202 g/mol. The summed E-state index contributed by atoms with van der Waals surface area (Å²) in [4.78, 5) is 4.14. The van der Waals surface area contributed by atoms with Gasteiger partial charge < -0.3 is 5.32 Å². The molecule has 12 heavy (non-hydrogen) atoms. The number of pyridine rings is 1. The summed E-state index contributed by atoms with van der Waals surface area (Å²) >= 11 is 11.8. The smallest absolute Gasteiger partial charge is 0.150 e. The quantitative estimate of drug-likeness (QED) is 0.655. The molecule has 0 saturated carbocycles. The van der Waals surface area contributed by atoms with Gasteiger partial charge in [0.2, 0.25) is 0 Å². The summed E-state index contributed by atoms with van der Waals surface area (Å²) in [6.45, 7) is 2.90. The van der Waals surface area contributed by atoms with Gasteiger partial charge in [-0.3, -0.25) is 0 Å². The Morgan fingerprint density at radius 1 is 1.42 bits per heavy atom. The normalized spacial score (nSPS) is 14.2. The molecule has 0 bridgehead atoms. The number of nitrogens with one attached hydrogen (secondary N) is 1. The van der Waals surface area contributed by atoms with E-state index in [2.05, 4.69) is 10.3 Å². The molecule has 2 nitrogen and oxygen atoms in total. The first-order valence-corrected chi connectivity index (χ1v) is 4.54. The number of halogens is 2. The topological polar surface area (TPSA) is 24.9 Å². The van der Waals surface area contributed by atoms with Crippen LogP contribution in [0.3, 0.4) is 0 Å². The van der Waals surface area contributed by atoms with Crippen molar-refractivity contribution in [2.24, 2.45) is 0 Å². The Kier molecular flexibility index (Phi) is 1.89. The molecule has 1 aliphatic rings. The van der Waals surface area contributed by atoms with Gasteiger partial charge in [0.1, 0.15) is 11.0 Å². The van der Waals surface area contributed by atoms with Crippen molar-refractivity contribution in [3.63, 3.8) is 0 Å². The summed E-state index contributed by atoms with van der Waals surface area (Å²) in [6.07, 6.45) is 0.991. The van der Waals surface area contributed by atoms with Crippen molar-refractivity contribution < 1.29 is 0 Å². The molecule has 0 unspecified atom stereocenters. The Bertz CT molecular complexity index is 336. The average Bonchev–Trinajstić information content (AvgIpc) is 2.48. The van der Waals surface area contributed by atoms with E-state index in [4.69, 9.17) is 23.2 Å². The third-order valence-electron chi connectivity index (χ3n) is 2.13. The first kappa shape index (κ1) is 8.14. The summed E-state index contributed by atoms with van der Waals surface area (Å²) in [5.74, 6) is 0.891. The number of rotatable bonds is 0. The SMILES string of the molecule is Cc1c(Cl)c(Cl)nc2c1CCN2. The lowest BCUT2D eigenvalue weighted by Crippen LogP contribution is -1.94. The van der Waals surface area contributed by atoms with Gasteiger partial charge in [0, 0.05) is 12.1 Å². The van der Waals surface area contributed by atoms with Crippen LogP contribution >= 0.6 is 23.2 Å². The lowest BCUT2D eigenvalue weighted by atomic mass is 10.1. The summed E-state index contributed by atoms with van der Waals surface area (Å²) < 4.78 is 0. The zero-order valence-corrected chi connectivity index (χ0v) is 8.13. The molecule has 4 heteroatoms. The van der Waals surface area contributed by atoms with Crippen LogP contribution in [0.1, 0.15) is 11.1 Å². The molecule has 0 saturated heterocycles. The molecule has 1 aromatic heterocycles. The minimum Gasteiger partial charge on any atom is -0.369 e. The van der Waals surface area contributed by atoms with Gasteiger partial charge >= 0.3 is 0 Å². The maximum Gasteiger partial charge on any atom is 0.150 e. The number of hydrogen-bond acceptors (Lipinski definition) is 2. The standard InChI is InChI=1S/C8H8Cl2N2/c1-4-5-2-3-11-8(5)12-7(10)6(4)9/h2-3H2,1H3,(H,11,12). The average molecular weight is 203 g/mol. The third kappa shape index (κ3) is 1.06. The van der Waals surface area contributed by atoms with Gasteiger partial charge in [-0.25, -0.2) is 4.98 Å². The molecule has 0 atom stereocenters. The van der Waals surface area contributed by atoms with Crippen LogP contribution < -0.4 is 5.32 Å². The van der Waals surface area contributed by atoms with Crippen LogP contribution in [0, 0.1) is 6.92 Å². The maximum atomic E-state index is 5.94. The van der Waals surface area contributed by atoms with Crippen molar-refractivity contribution in [3.05, 3.63) is 21.3 Å². The fourth-order valence-corrected chi connectivity index (χ4v) is 1.82. The highest BCUT2D eigenvalue weighted by atomic mass is 35.5. The van der Waals surface area contributed by atoms with E-state index in [1.165, 1.54) is 5.56 Å². The Morgan fingerprint density at radius 3 is 2.92 bits per heavy atom. The van der Waals surface area contributed by atoms with Crippen LogP contribution in [-0.2, 0) is 6.42 Å². The molecule has 0 amide bonds. The van der Waals surface area contributed by atoms with E-state index in [1.54, 1.807) is 0 Å². The van der Waals surface area contributed by atoms with E-state index in [0.29, 0.717) is 10.2 Å². The molecule has 0 spiro atoms. The summed E-state index contributed by atoms with van der Waals surface area (Å²) in [7, 11) is 0. The van der Waals surface area contributed by atoms with Gasteiger partial charge in [0.15, 0.2) is 0 Å². The Morgan fingerprint density at radius 2 is 2.17 bits per heavy atom. The van der Waals surface area contributed by atoms with Gasteiger partial charge in [-0.15, -0.1) is 0 Å². The van der Waals surface area contributed by atoms with E-state index in [1.807, 2.05) is 6.92 Å². The number of fused-ring (bicyclic) bond motifs is 1. The van der Waals surface area contributed by atoms with Gasteiger partial charge in [0.05, 0.1) is 5.02 Å². The second-order valence-corrected chi connectivity index (χ2v) is 3.58. The van der Waals surface area contributed by atoms with Crippen LogP contribution in [-0.4, -0.2) is 11.5 Å². The molecular formula is C8H8Cl2N2. The molecular weight excluding hydrogens is 195 g/mol. The molecule has 0 radical (unpaired) electrons. The van der Waals surface area contributed by atoms with Crippen LogP contribution in [0.2, 0.25) is 10.2 Å². The van der Waals surface area contributed by atoms with Crippen LogP contribution in [0.25, 0.3) is 0 Å². The summed E-state index contributed by atoms with van der Waals surface area (Å²) in [6, 6.07) is 0. The predicted octanol–water partition coefficient (Wildman–Crippen LogP) is 2.66. The largest absolute Gasteiger partial charge is 0.369 e.